The van der Waals surface area contributed by atoms with Crippen LogP contribution in [0.5, 0.6) is 11.5 Å². The Balaban J connectivity index is 2.20. The number of methoxy groups -OCH3 is 2. The lowest BCUT2D eigenvalue weighted by Gasteiger charge is -2.28. The Kier molecular flexibility index (Phi) is 4.13. The van der Waals surface area contributed by atoms with Gasteiger partial charge in [-0.25, -0.2) is 4.39 Å². The van der Waals surface area contributed by atoms with Crippen molar-refractivity contribution in [2.75, 3.05) is 19.5 Å². The summed E-state index contributed by atoms with van der Waals surface area (Å²) in [4.78, 5) is 12.0. The van der Waals surface area contributed by atoms with Gasteiger partial charge in [-0.05, 0) is 23.8 Å². The molecule has 0 aromatic heterocycles. The molecule has 1 atom stereocenters. The molecule has 0 saturated heterocycles. The normalized spacial score (nSPS) is 16.5. The first kappa shape index (κ1) is 15.6. The summed E-state index contributed by atoms with van der Waals surface area (Å²) in [6.45, 7) is 0. The average molecular weight is 336 g/mol. The number of carbonyl (C=O) groups excluding carboxylic acids is 1. The minimum absolute atomic E-state index is 0.114. The van der Waals surface area contributed by atoms with Gasteiger partial charge in [0.05, 0.1) is 14.2 Å². The van der Waals surface area contributed by atoms with Gasteiger partial charge in [-0.3, -0.25) is 4.79 Å². The highest BCUT2D eigenvalue weighted by atomic mass is 35.5. The van der Waals surface area contributed by atoms with E-state index in [2.05, 4.69) is 5.32 Å². The van der Waals surface area contributed by atoms with Crippen molar-refractivity contribution in [1.29, 1.82) is 0 Å². The zero-order valence-corrected chi connectivity index (χ0v) is 13.4. The van der Waals surface area contributed by atoms with Crippen molar-refractivity contribution in [1.82, 2.24) is 0 Å². The van der Waals surface area contributed by atoms with E-state index >= 15 is 0 Å². The van der Waals surface area contributed by atoms with Crippen LogP contribution in [0.1, 0.15) is 23.5 Å². The Morgan fingerprint density at radius 3 is 2.57 bits per heavy atom. The molecule has 6 heteroatoms. The Morgan fingerprint density at radius 2 is 1.91 bits per heavy atom. The van der Waals surface area contributed by atoms with Crippen molar-refractivity contribution < 1.29 is 18.7 Å². The molecule has 0 aliphatic carbocycles. The van der Waals surface area contributed by atoms with Crippen molar-refractivity contribution in [2.24, 2.45) is 0 Å². The van der Waals surface area contributed by atoms with Crippen LogP contribution in [0.3, 0.4) is 0 Å². The Morgan fingerprint density at radius 1 is 1.22 bits per heavy atom. The van der Waals surface area contributed by atoms with Gasteiger partial charge in [0.2, 0.25) is 5.91 Å². The molecule has 23 heavy (non-hydrogen) atoms. The number of benzene rings is 2. The third-order valence-corrected chi connectivity index (χ3v) is 4.27. The van der Waals surface area contributed by atoms with E-state index in [9.17, 15) is 9.18 Å². The second-order valence-electron chi connectivity index (χ2n) is 5.23. The monoisotopic (exact) mass is 335 g/mol. The Hall–Kier alpha value is -2.27. The van der Waals surface area contributed by atoms with E-state index in [1.54, 1.807) is 24.3 Å². The molecule has 1 heterocycles. The van der Waals surface area contributed by atoms with Gasteiger partial charge in [-0.15, -0.1) is 0 Å². The molecule has 120 valence electrons. The van der Waals surface area contributed by atoms with E-state index in [4.69, 9.17) is 21.1 Å². The third-order valence-electron chi connectivity index (χ3n) is 3.94. The summed E-state index contributed by atoms with van der Waals surface area (Å²) < 4.78 is 24.9. The Bertz CT molecular complexity index is 758. The quantitative estimate of drug-likeness (QED) is 0.923. The number of rotatable bonds is 3. The summed E-state index contributed by atoms with van der Waals surface area (Å²) in [5.41, 5.74) is 1.63. The summed E-state index contributed by atoms with van der Waals surface area (Å²) in [5, 5.41) is 3.08. The minimum atomic E-state index is -0.479. The van der Waals surface area contributed by atoms with Gasteiger partial charge < -0.3 is 14.8 Å². The first-order chi connectivity index (χ1) is 11.0. The van der Waals surface area contributed by atoms with Crippen LogP contribution in [-0.4, -0.2) is 20.1 Å². The second kappa shape index (κ2) is 6.08. The van der Waals surface area contributed by atoms with Gasteiger partial charge in [0, 0.05) is 34.7 Å². The number of carbonyl (C=O) groups is 1. The molecule has 1 aliphatic rings. The number of anilines is 1. The molecule has 0 fully saturated rings. The summed E-state index contributed by atoms with van der Waals surface area (Å²) >= 11 is 6.18. The summed E-state index contributed by atoms with van der Waals surface area (Å²) in [6, 6.07) is 7.93. The average Bonchev–Trinajstić information content (AvgIpc) is 2.53. The van der Waals surface area contributed by atoms with Crippen molar-refractivity contribution in [2.45, 2.75) is 12.3 Å². The molecule has 4 nitrogen and oxygen atoms in total. The predicted molar refractivity (Wildman–Crippen MR) is 86.0 cm³/mol. The fourth-order valence-electron chi connectivity index (χ4n) is 2.89. The fourth-order valence-corrected chi connectivity index (χ4v) is 3.18. The maximum atomic E-state index is 14.3. The van der Waals surface area contributed by atoms with Crippen LogP contribution in [0.4, 0.5) is 10.1 Å². The number of fused-ring (bicyclic) bond motifs is 1. The molecule has 0 radical (unpaired) electrons. The van der Waals surface area contributed by atoms with Gasteiger partial charge in [-0.2, -0.15) is 0 Å². The van der Waals surface area contributed by atoms with Crippen LogP contribution < -0.4 is 14.8 Å². The maximum absolute atomic E-state index is 14.3. The molecule has 0 bridgehead atoms. The lowest BCUT2D eigenvalue weighted by molar-refractivity contribution is -0.116. The van der Waals surface area contributed by atoms with E-state index in [1.807, 2.05) is 0 Å². The topological polar surface area (TPSA) is 47.6 Å². The van der Waals surface area contributed by atoms with E-state index < -0.39 is 11.7 Å². The zero-order valence-electron chi connectivity index (χ0n) is 12.7. The van der Waals surface area contributed by atoms with Crippen LogP contribution in [-0.2, 0) is 4.79 Å². The molecule has 2 aromatic carbocycles. The highest BCUT2D eigenvalue weighted by Crippen LogP contribution is 2.45. The summed E-state index contributed by atoms with van der Waals surface area (Å²) in [5.74, 6) is -0.106. The van der Waals surface area contributed by atoms with Crippen LogP contribution in [0.15, 0.2) is 30.3 Å². The molecular weight excluding hydrogens is 321 g/mol. The molecule has 2 aromatic rings. The maximum Gasteiger partial charge on any atom is 0.225 e. The number of nitrogens with one attached hydrogen (secondary N) is 1. The highest BCUT2D eigenvalue weighted by molar-refractivity contribution is 6.31. The first-order valence-electron chi connectivity index (χ1n) is 7.04. The number of ether oxygens (including phenoxy) is 2. The van der Waals surface area contributed by atoms with Crippen molar-refractivity contribution in [3.8, 4) is 11.5 Å². The standard InChI is InChI=1S/C17H15ClFNO3/c1-22-14-6-9-10(17-11(18)4-3-5-12(17)19)7-16(21)20-13(9)8-15(14)23-2/h3-6,8,10H,7H2,1-2H3,(H,20,21)/t10-/m1/s1. The predicted octanol–water partition coefficient (Wildman–Crippen LogP) is 3.97. The molecule has 0 saturated carbocycles. The van der Waals surface area contributed by atoms with Gasteiger partial charge >= 0.3 is 0 Å². The molecule has 1 N–H and O–H groups in total. The van der Waals surface area contributed by atoms with Crippen molar-refractivity contribution in [3.05, 3.63) is 52.3 Å². The lowest BCUT2D eigenvalue weighted by atomic mass is 9.84. The summed E-state index contributed by atoms with van der Waals surface area (Å²) in [7, 11) is 3.04. The fraction of sp³-hybridized carbons (Fsp3) is 0.235. The zero-order chi connectivity index (χ0) is 16.6. The van der Waals surface area contributed by atoms with Crippen LogP contribution in [0, 0.1) is 5.82 Å². The number of amides is 1. The van der Waals surface area contributed by atoms with Gasteiger partial charge in [0.15, 0.2) is 11.5 Å². The Labute approximate surface area is 138 Å². The molecule has 0 spiro atoms. The van der Waals surface area contributed by atoms with Crippen LogP contribution in [0.2, 0.25) is 5.02 Å². The van der Waals surface area contributed by atoms with Gasteiger partial charge in [0.25, 0.3) is 0 Å². The first-order valence-corrected chi connectivity index (χ1v) is 7.42. The molecule has 0 unspecified atom stereocenters. The molecule has 1 aliphatic heterocycles. The van der Waals surface area contributed by atoms with Gasteiger partial charge in [-0.1, -0.05) is 17.7 Å². The second-order valence-corrected chi connectivity index (χ2v) is 5.64. The largest absolute Gasteiger partial charge is 0.493 e. The van der Waals surface area contributed by atoms with Crippen molar-refractivity contribution >= 4 is 23.2 Å². The highest BCUT2D eigenvalue weighted by Gasteiger charge is 2.31. The third kappa shape index (κ3) is 2.72. The van der Waals surface area contributed by atoms with Gasteiger partial charge in [0.1, 0.15) is 5.82 Å². The molecular formula is C17H15ClFNO3. The number of hydrogen-bond donors (Lipinski definition) is 1. The number of halogens is 2. The molecule has 1 amide bonds. The van der Waals surface area contributed by atoms with E-state index in [-0.39, 0.29) is 12.3 Å². The number of hydrogen-bond acceptors (Lipinski definition) is 3. The molecule has 3 rings (SSSR count). The van der Waals surface area contributed by atoms with Crippen LogP contribution in [0.25, 0.3) is 0 Å². The van der Waals surface area contributed by atoms with E-state index in [1.165, 1.54) is 20.3 Å². The van der Waals surface area contributed by atoms with Crippen LogP contribution >= 0.6 is 11.6 Å². The summed E-state index contributed by atoms with van der Waals surface area (Å²) in [6.07, 6.45) is 0.114. The minimum Gasteiger partial charge on any atom is -0.493 e. The van der Waals surface area contributed by atoms with E-state index in [0.29, 0.717) is 27.8 Å². The van der Waals surface area contributed by atoms with E-state index in [0.717, 1.165) is 5.56 Å². The smallest absolute Gasteiger partial charge is 0.225 e. The lowest BCUT2D eigenvalue weighted by Crippen LogP contribution is -2.24. The SMILES string of the molecule is COc1cc2c(cc1OC)[C@H](c1c(F)cccc1Cl)CC(=O)N2. The van der Waals surface area contributed by atoms with Crippen molar-refractivity contribution in [3.63, 3.8) is 0 Å².